The van der Waals surface area contributed by atoms with Crippen LogP contribution in [-0.4, -0.2) is 32.1 Å². The van der Waals surface area contributed by atoms with Crippen LogP contribution >= 0.6 is 0 Å². The van der Waals surface area contributed by atoms with Gasteiger partial charge in [0, 0.05) is 11.3 Å². The third-order valence-corrected chi connectivity index (χ3v) is 5.87. The summed E-state index contributed by atoms with van der Waals surface area (Å²) in [5, 5.41) is 11.4. The molecule has 1 aromatic rings. The second-order valence-electron chi connectivity index (χ2n) is 7.25. The first-order chi connectivity index (χ1) is 12.9. The fourth-order valence-corrected chi connectivity index (χ4v) is 3.93. The van der Waals surface area contributed by atoms with Crippen molar-refractivity contribution in [1.82, 2.24) is 0 Å². The number of hydrogen-bond donors (Lipinski definition) is 0. The summed E-state index contributed by atoms with van der Waals surface area (Å²) in [7, 11) is -4.10. The van der Waals surface area contributed by atoms with Crippen LogP contribution < -0.4 is 0 Å². The lowest BCUT2D eigenvalue weighted by molar-refractivity contribution is -0.578. The van der Waals surface area contributed by atoms with Gasteiger partial charge in [-0.25, -0.2) is 8.37 Å². The molecule has 0 spiro atoms. The number of hydrogen-bond acceptors (Lipinski definition) is 6. The molecule has 0 amide bonds. The van der Waals surface area contributed by atoms with E-state index in [1.807, 2.05) is 12.1 Å². The van der Waals surface area contributed by atoms with E-state index >= 15 is 0 Å². The molecule has 7 nitrogen and oxygen atoms in total. The second kappa shape index (κ2) is 10.1. The van der Waals surface area contributed by atoms with Crippen molar-refractivity contribution in [3.8, 4) is 0 Å². The number of rotatable bonds is 11. The lowest BCUT2D eigenvalue weighted by Gasteiger charge is -2.27. The lowest BCUT2D eigenvalue weighted by Crippen LogP contribution is -2.52. The normalized spacial score (nSPS) is 18.3. The molecule has 1 fully saturated rings. The fourth-order valence-electron chi connectivity index (χ4n) is 3.14. The van der Waals surface area contributed by atoms with E-state index < -0.39 is 34.1 Å². The minimum absolute atomic E-state index is 0.159. The van der Waals surface area contributed by atoms with Crippen molar-refractivity contribution in [2.75, 3.05) is 13.2 Å². The highest BCUT2D eigenvalue weighted by Gasteiger charge is 2.49. The van der Waals surface area contributed by atoms with Crippen LogP contribution in [0.3, 0.4) is 0 Å². The molecule has 27 heavy (non-hydrogen) atoms. The van der Waals surface area contributed by atoms with Crippen LogP contribution in [0.2, 0.25) is 0 Å². The summed E-state index contributed by atoms with van der Waals surface area (Å²) >= 11 is 0. The quantitative estimate of drug-likeness (QED) is 0.319. The first kappa shape index (κ1) is 21.8. The van der Waals surface area contributed by atoms with E-state index in [0.717, 1.165) is 12.0 Å². The van der Waals surface area contributed by atoms with Gasteiger partial charge in [-0.2, -0.15) is 8.42 Å². The van der Waals surface area contributed by atoms with E-state index in [1.165, 1.54) is 44.1 Å². The average Bonchev–Trinajstić information content (AvgIpc) is 2.65. The fraction of sp³-hybridized carbons (Fsp3) is 0.684. The number of nitro groups is 1. The predicted molar refractivity (Wildman–Crippen MR) is 102 cm³/mol. The molecular formula is C19H29NO6S. The Morgan fingerprint density at radius 1 is 0.963 bits per heavy atom. The van der Waals surface area contributed by atoms with Gasteiger partial charge in [0.1, 0.15) is 13.2 Å². The topological polar surface area (TPSA) is 95.7 Å². The van der Waals surface area contributed by atoms with Gasteiger partial charge < -0.3 is 0 Å². The van der Waals surface area contributed by atoms with Gasteiger partial charge in [0.15, 0.2) is 0 Å². The highest BCUT2D eigenvalue weighted by molar-refractivity contribution is 7.81. The number of benzene rings is 1. The van der Waals surface area contributed by atoms with Crippen molar-refractivity contribution in [3.63, 3.8) is 0 Å². The average molecular weight is 400 g/mol. The molecule has 1 aliphatic rings. The van der Waals surface area contributed by atoms with Gasteiger partial charge in [-0.05, 0) is 30.4 Å². The van der Waals surface area contributed by atoms with Gasteiger partial charge >= 0.3 is 10.4 Å². The lowest BCUT2D eigenvalue weighted by atomic mass is 9.93. The highest BCUT2D eigenvalue weighted by atomic mass is 32.3. The number of aryl methyl sites for hydroxylation is 2. The van der Waals surface area contributed by atoms with Crippen LogP contribution in [0.15, 0.2) is 24.3 Å². The van der Waals surface area contributed by atoms with Crippen LogP contribution in [-0.2, 0) is 31.6 Å². The molecule has 0 atom stereocenters. The molecule has 0 N–H and O–H groups in total. The van der Waals surface area contributed by atoms with E-state index in [1.54, 1.807) is 0 Å². The van der Waals surface area contributed by atoms with E-state index in [4.69, 9.17) is 0 Å². The van der Waals surface area contributed by atoms with E-state index in [-0.39, 0.29) is 6.42 Å². The zero-order valence-electron chi connectivity index (χ0n) is 15.9. The molecule has 1 saturated heterocycles. The van der Waals surface area contributed by atoms with E-state index in [2.05, 4.69) is 27.4 Å². The minimum Gasteiger partial charge on any atom is -0.264 e. The van der Waals surface area contributed by atoms with Gasteiger partial charge in [-0.15, -0.1) is 0 Å². The summed E-state index contributed by atoms with van der Waals surface area (Å²) in [5.41, 5.74) is 0.729. The minimum atomic E-state index is -4.10. The summed E-state index contributed by atoms with van der Waals surface area (Å²) in [4.78, 5) is 10.9. The third kappa shape index (κ3) is 6.86. The Kier molecular flexibility index (Phi) is 8.19. The molecule has 0 unspecified atom stereocenters. The van der Waals surface area contributed by atoms with Crippen molar-refractivity contribution in [3.05, 3.63) is 45.5 Å². The van der Waals surface area contributed by atoms with E-state index in [9.17, 15) is 18.5 Å². The molecule has 0 bridgehead atoms. The largest absolute Gasteiger partial charge is 0.400 e. The highest BCUT2D eigenvalue weighted by Crippen LogP contribution is 2.26. The molecule has 1 heterocycles. The van der Waals surface area contributed by atoms with Crippen LogP contribution in [0.25, 0.3) is 0 Å². The summed E-state index contributed by atoms with van der Waals surface area (Å²) in [5.74, 6) is 0. The number of nitrogens with zero attached hydrogens (tertiary/aromatic N) is 1. The monoisotopic (exact) mass is 399 g/mol. The Labute approximate surface area is 161 Å². The van der Waals surface area contributed by atoms with Crippen LogP contribution in [0.5, 0.6) is 0 Å². The van der Waals surface area contributed by atoms with Crippen LogP contribution in [0.1, 0.15) is 63.0 Å². The molecular weight excluding hydrogens is 370 g/mol. The molecule has 8 heteroatoms. The molecule has 0 saturated carbocycles. The van der Waals surface area contributed by atoms with Gasteiger partial charge in [0.2, 0.25) is 0 Å². The number of unbranched alkanes of at least 4 members (excludes halogenated alkanes) is 5. The maximum Gasteiger partial charge on any atom is 0.400 e. The maximum atomic E-state index is 11.4. The molecule has 2 rings (SSSR count). The van der Waals surface area contributed by atoms with Gasteiger partial charge in [0.25, 0.3) is 5.54 Å². The Morgan fingerprint density at radius 3 is 2.04 bits per heavy atom. The predicted octanol–water partition coefficient (Wildman–Crippen LogP) is 3.83. The first-order valence-corrected chi connectivity index (χ1v) is 11.0. The van der Waals surface area contributed by atoms with Crippen molar-refractivity contribution < 1.29 is 21.7 Å². The van der Waals surface area contributed by atoms with Crippen molar-refractivity contribution in [1.29, 1.82) is 0 Å². The summed E-state index contributed by atoms with van der Waals surface area (Å²) < 4.78 is 31.4. The summed E-state index contributed by atoms with van der Waals surface area (Å²) in [6.45, 7) is 1.24. The molecule has 152 valence electrons. The van der Waals surface area contributed by atoms with Crippen molar-refractivity contribution in [2.24, 2.45) is 0 Å². The van der Waals surface area contributed by atoms with Crippen molar-refractivity contribution in [2.45, 2.75) is 70.3 Å². The Morgan fingerprint density at radius 2 is 1.48 bits per heavy atom. The summed E-state index contributed by atoms with van der Waals surface area (Å²) in [6, 6.07) is 8.11. The SMILES string of the molecule is CCCCCCCCc1ccc(CCC2([N+](=O)[O-])COS(=O)(=O)OC2)cc1. The van der Waals surface area contributed by atoms with Crippen LogP contribution in [0.4, 0.5) is 0 Å². The van der Waals surface area contributed by atoms with Gasteiger partial charge in [-0.3, -0.25) is 10.1 Å². The Balaban J connectivity index is 1.80. The zero-order chi connectivity index (χ0) is 19.8. The second-order valence-corrected chi connectivity index (χ2v) is 8.54. The Hall–Kier alpha value is -1.51. The van der Waals surface area contributed by atoms with Crippen LogP contribution in [0, 0.1) is 10.1 Å². The molecule has 1 aromatic carbocycles. The molecule has 1 aliphatic heterocycles. The maximum absolute atomic E-state index is 11.4. The van der Waals surface area contributed by atoms with E-state index in [0.29, 0.717) is 6.42 Å². The van der Waals surface area contributed by atoms with Crippen molar-refractivity contribution >= 4 is 10.4 Å². The Bertz CT molecular complexity index is 687. The standard InChI is InChI=1S/C19H29NO6S/c1-2-3-4-5-6-7-8-17-9-11-18(12-10-17)13-14-19(20(21)22)15-25-27(23,24)26-16-19/h9-12H,2-8,13-16H2,1H3. The van der Waals surface area contributed by atoms with Gasteiger partial charge in [-0.1, -0.05) is 63.3 Å². The molecule has 0 aromatic heterocycles. The molecule has 0 radical (unpaired) electrons. The smallest absolute Gasteiger partial charge is 0.264 e. The first-order valence-electron chi connectivity index (χ1n) is 9.63. The van der Waals surface area contributed by atoms with Gasteiger partial charge in [0.05, 0.1) is 0 Å². The summed E-state index contributed by atoms with van der Waals surface area (Å²) in [6.07, 6.45) is 9.25. The molecule has 0 aliphatic carbocycles. The third-order valence-electron chi connectivity index (χ3n) is 5.05. The zero-order valence-corrected chi connectivity index (χ0v) is 16.7.